The van der Waals surface area contributed by atoms with Gasteiger partial charge in [-0.3, -0.25) is 4.90 Å². The Labute approximate surface area is 150 Å². The van der Waals surface area contributed by atoms with Gasteiger partial charge in [0.05, 0.1) is 0 Å². The fourth-order valence-corrected chi connectivity index (χ4v) is 3.25. The van der Waals surface area contributed by atoms with Crippen molar-refractivity contribution < 1.29 is 0 Å². The molecule has 1 fully saturated rings. The number of hydrogen-bond acceptors (Lipinski definition) is 2. The van der Waals surface area contributed by atoms with Crippen molar-refractivity contribution in [2.45, 2.75) is 26.3 Å². The fraction of sp³-hybridized carbons (Fsp3) is 0.600. The highest BCUT2D eigenvalue weighted by Gasteiger charge is 2.23. The molecule has 0 bridgehead atoms. The lowest BCUT2D eigenvalue weighted by Crippen LogP contribution is -2.45. The Bertz CT molecular complexity index is 400. The van der Waals surface area contributed by atoms with Crippen LogP contribution in [0.15, 0.2) is 18.2 Å². The first-order valence-corrected chi connectivity index (χ1v) is 7.72. The van der Waals surface area contributed by atoms with Gasteiger partial charge in [-0.25, -0.2) is 0 Å². The summed E-state index contributed by atoms with van der Waals surface area (Å²) in [5.41, 5.74) is 1.24. The molecule has 0 aromatic heterocycles. The maximum atomic E-state index is 6.15. The molecule has 0 amide bonds. The Balaban J connectivity index is 0.00000200. The standard InChI is InChI=1S/C15H22Cl2N2.2ClH/c1-11(2)7-15(19-5-3-18-4-6-19)12-8-13(16)10-14(17)9-12;;/h8-11,15,18H,3-7H2,1-2H3;2*1H/t15-;;/m0../s1. The summed E-state index contributed by atoms with van der Waals surface area (Å²) in [6.07, 6.45) is 1.14. The van der Waals surface area contributed by atoms with E-state index in [0.717, 1.165) is 42.6 Å². The Morgan fingerprint density at radius 3 is 2.05 bits per heavy atom. The first-order chi connectivity index (χ1) is 9.06. The van der Waals surface area contributed by atoms with Gasteiger partial charge in [-0.1, -0.05) is 37.0 Å². The summed E-state index contributed by atoms with van der Waals surface area (Å²) in [5.74, 6) is 0.651. The van der Waals surface area contributed by atoms with Crippen LogP contribution in [0.25, 0.3) is 0 Å². The molecule has 122 valence electrons. The molecule has 21 heavy (non-hydrogen) atoms. The van der Waals surface area contributed by atoms with E-state index >= 15 is 0 Å². The maximum Gasteiger partial charge on any atom is 0.0424 e. The average Bonchev–Trinajstić information content (AvgIpc) is 2.35. The smallest absolute Gasteiger partial charge is 0.0424 e. The molecule has 1 saturated heterocycles. The molecule has 1 aromatic rings. The van der Waals surface area contributed by atoms with Crippen molar-refractivity contribution in [3.05, 3.63) is 33.8 Å². The predicted octanol–water partition coefficient (Wildman–Crippen LogP) is 4.83. The number of piperazine rings is 1. The number of benzene rings is 1. The Hall–Kier alpha value is 0.300. The van der Waals surface area contributed by atoms with Gasteiger partial charge in [0.25, 0.3) is 0 Å². The van der Waals surface area contributed by atoms with Gasteiger partial charge in [-0.15, -0.1) is 24.8 Å². The summed E-state index contributed by atoms with van der Waals surface area (Å²) in [7, 11) is 0. The van der Waals surface area contributed by atoms with Gasteiger partial charge in [0.1, 0.15) is 0 Å². The van der Waals surface area contributed by atoms with Crippen LogP contribution in [0.4, 0.5) is 0 Å². The van der Waals surface area contributed by atoms with E-state index in [4.69, 9.17) is 23.2 Å². The molecule has 0 aliphatic carbocycles. The second-order valence-corrected chi connectivity index (χ2v) is 6.51. The molecule has 1 N–H and O–H groups in total. The van der Waals surface area contributed by atoms with Crippen LogP contribution < -0.4 is 5.32 Å². The molecule has 1 aliphatic rings. The Morgan fingerprint density at radius 1 is 1.05 bits per heavy atom. The van der Waals surface area contributed by atoms with Crippen LogP contribution in [0, 0.1) is 5.92 Å². The van der Waals surface area contributed by atoms with Crippen molar-refractivity contribution >= 4 is 48.0 Å². The SMILES string of the molecule is CC(C)C[C@@H](c1cc(Cl)cc(Cl)c1)N1CCNCC1.Cl.Cl. The molecule has 1 atom stereocenters. The second-order valence-electron chi connectivity index (χ2n) is 5.63. The number of nitrogens with one attached hydrogen (secondary N) is 1. The minimum Gasteiger partial charge on any atom is -0.314 e. The molecule has 0 radical (unpaired) electrons. The van der Waals surface area contributed by atoms with Gasteiger partial charge in [0.2, 0.25) is 0 Å². The van der Waals surface area contributed by atoms with E-state index in [1.807, 2.05) is 0 Å². The molecule has 1 heterocycles. The monoisotopic (exact) mass is 372 g/mol. The van der Waals surface area contributed by atoms with Crippen LogP contribution in [-0.2, 0) is 0 Å². The quantitative estimate of drug-likeness (QED) is 0.812. The number of nitrogens with zero attached hydrogens (tertiary/aromatic N) is 1. The van der Waals surface area contributed by atoms with Crippen LogP contribution in [0.2, 0.25) is 10.0 Å². The summed E-state index contributed by atoms with van der Waals surface area (Å²) in [6, 6.07) is 6.33. The molecule has 0 saturated carbocycles. The number of halogens is 4. The topological polar surface area (TPSA) is 15.3 Å². The Morgan fingerprint density at radius 2 is 1.57 bits per heavy atom. The van der Waals surface area contributed by atoms with Gasteiger partial charge in [0.15, 0.2) is 0 Å². The second kappa shape index (κ2) is 10.1. The highest BCUT2D eigenvalue weighted by Crippen LogP contribution is 2.31. The summed E-state index contributed by atoms with van der Waals surface area (Å²) in [5, 5.41) is 4.86. The fourth-order valence-electron chi connectivity index (χ4n) is 2.70. The molecule has 0 spiro atoms. The molecule has 0 unspecified atom stereocenters. The molecule has 2 nitrogen and oxygen atoms in total. The van der Waals surface area contributed by atoms with E-state index in [-0.39, 0.29) is 24.8 Å². The van der Waals surface area contributed by atoms with Gasteiger partial charge < -0.3 is 5.32 Å². The lowest BCUT2D eigenvalue weighted by molar-refractivity contribution is 0.154. The molecule has 1 aromatic carbocycles. The third-order valence-corrected chi connectivity index (χ3v) is 3.99. The lowest BCUT2D eigenvalue weighted by atomic mass is 9.95. The van der Waals surface area contributed by atoms with Crippen molar-refractivity contribution in [2.24, 2.45) is 5.92 Å². The summed E-state index contributed by atoms with van der Waals surface area (Å²) in [4.78, 5) is 2.54. The molecule has 6 heteroatoms. The van der Waals surface area contributed by atoms with Crippen LogP contribution in [0.3, 0.4) is 0 Å². The minimum absolute atomic E-state index is 0. The van der Waals surface area contributed by atoms with Crippen molar-refractivity contribution in [3.8, 4) is 0 Å². The zero-order chi connectivity index (χ0) is 13.8. The number of rotatable bonds is 4. The van der Waals surface area contributed by atoms with Crippen molar-refractivity contribution in [1.29, 1.82) is 0 Å². The van der Waals surface area contributed by atoms with E-state index < -0.39 is 0 Å². The van der Waals surface area contributed by atoms with Crippen molar-refractivity contribution in [2.75, 3.05) is 26.2 Å². The number of hydrogen-bond donors (Lipinski definition) is 1. The van der Waals surface area contributed by atoms with Crippen molar-refractivity contribution in [3.63, 3.8) is 0 Å². The third-order valence-electron chi connectivity index (χ3n) is 3.56. The first kappa shape index (κ1) is 21.3. The summed E-state index contributed by atoms with van der Waals surface area (Å²) in [6.45, 7) is 8.82. The van der Waals surface area contributed by atoms with Gasteiger partial charge in [-0.2, -0.15) is 0 Å². The highest BCUT2D eigenvalue weighted by atomic mass is 35.5. The minimum atomic E-state index is 0. The summed E-state index contributed by atoms with van der Waals surface area (Å²) < 4.78 is 0. The zero-order valence-electron chi connectivity index (χ0n) is 12.4. The van der Waals surface area contributed by atoms with E-state index in [2.05, 4.69) is 36.2 Å². The van der Waals surface area contributed by atoms with E-state index in [1.165, 1.54) is 5.56 Å². The van der Waals surface area contributed by atoms with Crippen LogP contribution in [0.5, 0.6) is 0 Å². The molecular weight excluding hydrogens is 350 g/mol. The van der Waals surface area contributed by atoms with Gasteiger partial charge in [0, 0.05) is 42.3 Å². The van der Waals surface area contributed by atoms with E-state index in [9.17, 15) is 0 Å². The van der Waals surface area contributed by atoms with Crippen molar-refractivity contribution in [1.82, 2.24) is 10.2 Å². The molecular formula is C15H24Cl4N2. The third kappa shape index (κ3) is 6.52. The average molecular weight is 374 g/mol. The molecule has 1 aliphatic heterocycles. The summed E-state index contributed by atoms with van der Waals surface area (Å²) >= 11 is 12.3. The Kier molecular flexibility index (Phi) is 10.3. The van der Waals surface area contributed by atoms with Crippen LogP contribution in [-0.4, -0.2) is 31.1 Å². The lowest BCUT2D eigenvalue weighted by Gasteiger charge is -2.36. The predicted molar refractivity (Wildman–Crippen MR) is 97.6 cm³/mol. The largest absolute Gasteiger partial charge is 0.314 e. The van der Waals surface area contributed by atoms with E-state index in [1.54, 1.807) is 6.07 Å². The highest BCUT2D eigenvalue weighted by molar-refractivity contribution is 6.34. The van der Waals surface area contributed by atoms with Crippen LogP contribution in [0.1, 0.15) is 31.9 Å². The maximum absolute atomic E-state index is 6.15. The molecule has 2 rings (SSSR count). The normalized spacial score (nSPS) is 17.0. The van der Waals surface area contributed by atoms with Crippen LogP contribution >= 0.6 is 48.0 Å². The van der Waals surface area contributed by atoms with Gasteiger partial charge in [-0.05, 0) is 36.1 Å². The van der Waals surface area contributed by atoms with Gasteiger partial charge >= 0.3 is 0 Å². The first-order valence-electron chi connectivity index (χ1n) is 6.97. The zero-order valence-corrected chi connectivity index (χ0v) is 15.6. The van der Waals surface area contributed by atoms with E-state index in [0.29, 0.717) is 12.0 Å².